The van der Waals surface area contributed by atoms with E-state index in [0.717, 1.165) is 12.8 Å². The van der Waals surface area contributed by atoms with Crippen LogP contribution in [0.4, 0.5) is 4.39 Å². The van der Waals surface area contributed by atoms with Crippen LogP contribution in [0.1, 0.15) is 51.0 Å². The Morgan fingerprint density at radius 2 is 1.88 bits per heavy atom. The van der Waals surface area contributed by atoms with E-state index >= 15 is 0 Å². The van der Waals surface area contributed by atoms with Crippen LogP contribution in [0, 0.1) is 11.7 Å². The van der Waals surface area contributed by atoms with Gasteiger partial charge in [0.2, 0.25) is 0 Å². The SMILES string of the molecule is CCC(CC)[C@@H](Oc1cc(F)cc(Cl)c1)[C@H](C)OC(=O)[C@H](C)NC(=O)c1nccc(OC)c1O. The van der Waals surface area contributed by atoms with E-state index in [2.05, 4.69) is 10.3 Å². The van der Waals surface area contributed by atoms with Crippen LogP contribution in [0.5, 0.6) is 17.2 Å². The number of amides is 1. The van der Waals surface area contributed by atoms with Crippen LogP contribution in [0.25, 0.3) is 0 Å². The lowest BCUT2D eigenvalue weighted by molar-refractivity contribution is -0.156. The van der Waals surface area contributed by atoms with Crippen molar-refractivity contribution in [3.05, 3.63) is 47.0 Å². The number of aromatic nitrogens is 1. The molecule has 0 unspecified atom stereocenters. The molecular formula is C24H30ClFN2O6. The Balaban J connectivity index is 2.12. The molecule has 1 aromatic heterocycles. The smallest absolute Gasteiger partial charge is 0.328 e. The monoisotopic (exact) mass is 496 g/mol. The van der Waals surface area contributed by atoms with E-state index in [1.165, 1.54) is 44.5 Å². The maximum Gasteiger partial charge on any atom is 0.328 e. The number of aromatic hydroxyl groups is 1. The summed E-state index contributed by atoms with van der Waals surface area (Å²) >= 11 is 5.94. The minimum atomic E-state index is -1.05. The van der Waals surface area contributed by atoms with Crippen LogP contribution in [0.15, 0.2) is 30.5 Å². The maximum absolute atomic E-state index is 13.8. The first-order valence-electron chi connectivity index (χ1n) is 11.0. The molecule has 2 N–H and O–H groups in total. The topological polar surface area (TPSA) is 107 Å². The predicted molar refractivity (Wildman–Crippen MR) is 125 cm³/mol. The molecule has 0 saturated heterocycles. The quantitative estimate of drug-likeness (QED) is 0.440. The second-order valence-corrected chi connectivity index (χ2v) is 8.25. The average Bonchev–Trinajstić information content (AvgIpc) is 2.78. The van der Waals surface area contributed by atoms with Crippen LogP contribution in [-0.4, -0.2) is 47.3 Å². The Labute approximate surface area is 203 Å². The Kier molecular flexibility index (Phi) is 9.92. The molecule has 0 saturated carbocycles. The van der Waals surface area contributed by atoms with E-state index in [-0.39, 0.29) is 28.1 Å². The summed E-state index contributed by atoms with van der Waals surface area (Å²) < 4.78 is 30.3. The lowest BCUT2D eigenvalue weighted by atomic mass is 9.93. The van der Waals surface area contributed by atoms with Crippen molar-refractivity contribution in [2.45, 2.75) is 58.8 Å². The van der Waals surface area contributed by atoms with Crippen molar-refractivity contribution in [2.75, 3.05) is 7.11 Å². The maximum atomic E-state index is 13.8. The molecule has 1 heterocycles. The highest BCUT2D eigenvalue weighted by Gasteiger charge is 2.32. The molecule has 10 heteroatoms. The van der Waals surface area contributed by atoms with Gasteiger partial charge in [0.05, 0.1) is 7.11 Å². The van der Waals surface area contributed by atoms with E-state index in [1.807, 2.05) is 13.8 Å². The second kappa shape index (κ2) is 12.4. The number of nitrogens with one attached hydrogen (secondary N) is 1. The fourth-order valence-corrected chi connectivity index (χ4v) is 3.74. The van der Waals surface area contributed by atoms with E-state index in [0.29, 0.717) is 0 Å². The van der Waals surface area contributed by atoms with Crippen molar-refractivity contribution >= 4 is 23.5 Å². The molecular weight excluding hydrogens is 467 g/mol. The lowest BCUT2D eigenvalue weighted by Gasteiger charge is -2.31. The molecule has 0 bridgehead atoms. The number of benzene rings is 1. The first kappa shape index (κ1) is 27.2. The molecule has 3 atom stereocenters. The average molecular weight is 497 g/mol. The van der Waals surface area contributed by atoms with Crippen molar-refractivity contribution in [3.63, 3.8) is 0 Å². The Morgan fingerprint density at radius 1 is 1.21 bits per heavy atom. The number of pyridine rings is 1. The largest absolute Gasteiger partial charge is 0.503 e. The fraction of sp³-hybridized carbons (Fsp3) is 0.458. The highest BCUT2D eigenvalue weighted by Crippen LogP contribution is 2.28. The van der Waals surface area contributed by atoms with Crippen molar-refractivity contribution in [2.24, 2.45) is 5.92 Å². The fourth-order valence-electron chi connectivity index (χ4n) is 3.53. The second-order valence-electron chi connectivity index (χ2n) is 7.81. The summed E-state index contributed by atoms with van der Waals surface area (Å²) in [5, 5.41) is 12.7. The number of esters is 1. The van der Waals surface area contributed by atoms with Crippen LogP contribution in [-0.2, 0) is 9.53 Å². The zero-order valence-corrected chi connectivity index (χ0v) is 20.6. The van der Waals surface area contributed by atoms with Gasteiger partial charge in [-0.2, -0.15) is 0 Å². The summed E-state index contributed by atoms with van der Waals surface area (Å²) in [5.74, 6) is -2.14. The first-order chi connectivity index (χ1) is 16.1. The minimum absolute atomic E-state index is 0.00710. The third kappa shape index (κ3) is 6.96. The van der Waals surface area contributed by atoms with Gasteiger partial charge in [0, 0.05) is 23.4 Å². The van der Waals surface area contributed by atoms with Gasteiger partial charge in [-0.1, -0.05) is 25.4 Å². The number of hydrogen-bond donors (Lipinski definition) is 2. The van der Waals surface area contributed by atoms with Crippen molar-refractivity contribution in [3.8, 4) is 17.2 Å². The van der Waals surface area contributed by atoms with Gasteiger partial charge in [-0.25, -0.2) is 14.2 Å². The van der Waals surface area contributed by atoms with Gasteiger partial charge in [-0.3, -0.25) is 4.79 Å². The van der Waals surface area contributed by atoms with E-state index in [1.54, 1.807) is 6.92 Å². The number of rotatable bonds is 11. The number of carbonyl (C=O) groups excluding carboxylic acids is 2. The van der Waals surface area contributed by atoms with Gasteiger partial charge in [0.1, 0.15) is 29.8 Å². The van der Waals surface area contributed by atoms with Crippen molar-refractivity contribution in [1.82, 2.24) is 10.3 Å². The van der Waals surface area contributed by atoms with Crippen LogP contribution < -0.4 is 14.8 Å². The van der Waals surface area contributed by atoms with Gasteiger partial charge >= 0.3 is 5.97 Å². The molecule has 0 aliphatic rings. The third-order valence-electron chi connectivity index (χ3n) is 5.41. The Morgan fingerprint density at radius 3 is 2.47 bits per heavy atom. The summed E-state index contributed by atoms with van der Waals surface area (Å²) in [5.41, 5.74) is -0.284. The highest BCUT2D eigenvalue weighted by atomic mass is 35.5. The molecule has 0 spiro atoms. The number of hydrogen-bond acceptors (Lipinski definition) is 7. The summed E-state index contributed by atoms with van der Waals surface area (Å²) in [4.78, 5) is 29.1. The predicted octanol–water partition coefficient (Wildman–Crippen LogP) is 4.52. The van der Waals surface area contributed by atoms with Gasteiger partial charge < -0.3 is 24.6 Å². The lowest BCUT2D eigenvalue weighted by Crippen LogP contribution is -2.45. The molecule has 8 nitrogen and oxygen atoms in total. The molecule has 0 radical (unpaired) electrons. The molecule has 0 fully saturated rings. The number of nitrogens with zero attached hydrogens (tertiary/aromatic N) is 1. The van der Waals surface area contributed by atoms with Crippen molar-refractivity contribution < 1.29 is 33.3 Å². The number of methoxy groups -OCH3 is 1. The van der Waals surface area contributed by atoms with Crippen LogP contribution >= 0.6 is 11.6 Å². The molecule has 186 valence electrons. The number of ether oxygens (including phenoxy) is 3. The van der Waals surface area contributed by atoms with Gasteiger partial charge in [0.15, 0.2) is 17.2 Å². The zero-order valence-electron chi connectivity index (χ0n) is 19.8. The molecule has 34 heavy (non-hydrogen) atoms. The first-order valence-corrected chi connectivity index (χ1v) is 11.3. The van der Waals surface area contributed by atoms with E-state index in [4.69, 9.17) is 25.8 Å². The molecule has 2 rings (SSSR count). The summed E-state index contributed by atoms with van der Waals surface area (Å²) in [6, 6.07) is 4.23. The van der Waals surface area contributed by atoms with Crippen molar-refractivity contribution in [1.29, 1.82) is 0 Å². The molecule has 0 aliphatic carbocycles. The molecule has 1 amide bonds. The van der Waals surface area contributed by atoms with E-state index in [9.17, 15) is 19.1 Å². The molecule has 0 aliphatic heterocycles. The Hall–Kier alpha value is -3.07. The zero-order chi connectivity index (χ0) is 25.4. The highest BCUT2D eigenvalue weighted by molar-refractivity contribution is 6.30. The molecule has 1 aromatic carbocycles. The van der Waals surface area contributed by atoms with Crippen LogP contribution in [0.3, 0.4) is 0 Å². The standard InChI is InChI=1S/C24H30ClFN2O6/c1-6-15(7-2)22(34-18-11-16(25)10-17(26)12-18)14(4)33-24(31)13(3)28-23(30)20-21(29)19(32-5)8-9-27-20/h8-15,22,29H,6-7H2,1-5H3,(H,28,30)/t13-,14-,22-/m0/s1. The number of carbonyl (C=O) groups is 2. The van der Waals surface area contributed by atoms with Gasteiger partial charge in [-0.05, 0) is 44.7 Å². The summed E-state index contributed by atoms with van der Waals surface area (Å²) in [6.07, 6.45) is 1.47. The van der Waals surface area contributed by atoms with Gasteiger partial charge in [0.25, 0.3) is 5.91 Å². The van der Waals surface area contributed by atoms with Gasteiger partial charge in [-0.15, -0.1) is 0 Å². The third-order valence-corrected chi connectivity index (χ3v) is 5.63. The van der Waals surface area contributed by atoms with E-state index < -0.39 is 41.7 Å². The number of halogens is 2. The molecule has 2 aromatic rings. The minimum Gasteiger partial charge on any atom is -0.503 e. The normalized spacial score (nSPS) is 13.6. The van der Waals surface area contributed by atoms with Crippen LogP contribution in [0.2, 0.25) is 5.02 Å². The summed E-state index contributed by atoms with van der Waals surface area (Å²) in [6.45, 7) is 7.08. The summed E-state index contributed by atoms with van der Waals surface area (Å²) in [7, 11) is 1.34. The Bertz CT molecular complexity index is 981.